The Morgan fingerprint density at radius 1 is 1.08 bits per heavy atom. The van der Waals surface area contributed by atoms with E-state index in [4.69, 9.17) is 14.6 Å². The van der Waals surface area contributed by atoms with Crippen LogP contribution < -0.4 is 14.8 Å². The maximum Gasteiger partial charge on any atom is 0.305 e. The number of benzene rings is 2. The maximum absolute atomic E-state index is 13.1. The molecule has 3 rings (SSSR count). The van der Waals surface area contributed by atoms with Crippen molar-refractivity contribution in [2.24, 2.45) is 0 Å². The quantitative estimate of drug-likeness (QED) is 0.857. The lowest BCUT2D eigenvalue weighted by Gasteiger charge is -2.18. The van der Waals surface area contributed by atoms with Crippen LogP contribution in [0.25, 0.3) is 0 Å². The standard InChI is InChI=1S/C19H18FNO5/c20-14-5-2-12(3-6-14)15(11-18(22)23)21-19(24)13-4-7-16-17(10-13)26-9-1-8-25-16/h2-7,10,15H,1,8-9,11H2,(H,21,24)(H,22,23)/t15-/m0/s1. The van der Waals surface area contributed by atoms with E-state index in [1.807, 2.05) is 0 Å². The van der Waals surface area contributed by atoms with Gasteiger partial charge >= 0.3 is 5.97 Å². The first-order chi connectivity index (χ1) is 12.5. The second-order valence-corrected chi connectivity index (χ2v) is 5.89. The van der Waals surface area contributed by atoms with E-state index >= 15 is 0 Å². The molecule has 2 aromatic rings. The van der Waals surface area contributed by atoms with Crippen LogP contribution in [-0.2, 0) is 4.79 Å². The lowest BCUT2D eigenvalue weighted by Crippen LogP contribution is -2.30. The summed E-state index contributed by atoms with van der Waals surface area (Å²) in [5.74, 6) is -0.905. The Morgan fingerprint density at radius 2 is 1.77 bits per heavy atom. The Morgan fingerprint density at radius 3 is 2.46 bits per heavy atom. The van der Waals surface area contributed by atoms with Gasteiger partial charge in [-0.3, -0.25) is 9.59 Å². The zero-order chi connectivity index (χ0) is 18.5. The molecule has 1 amide bonds. The molecule has 7 heteroatoms. The summed E-state index contributed by atoms with van der Waals surface area (Å²) in [6.07, 6.45) is 0.434. The van der Waals surface area contributed by atoms with Gasteiger partial charge in [-0.05, 0) is 35.9 Å². The van der Waals surface area contributed by atoms with Gasteiger partial charge in [-0.2, -0.15) is 0 Å². The van der Waals surface area contributed by atoms with Crippen molar-refractivity contribution in [2.75, 3.05) is 13.2 Å². The zero-order valence-corrected chi connectivity index (χ0v) is 13.9. The van der Waals surface area contributed by atoms with E-state index in [2.05, 4.69) is 5.32 Å². The second-order valence-electron chi connectivity index (χ2n) is 5.89. The van der Waals surface area contributed by atoms with Gasteiger partial charge in [0.2, 0.25) is 0 Å². The Kier molecular flexibility index (Phi) is 5.36. The number of aliphatic carboxylic acids is 1. The molecule has 0 aliphatic carbocycles. The fraction of sp³-hybridized carbons (Fsp3) is 0.263. The largest absolute Gasteiger partial charge is 0.490 e. The van der Waals surface area contributed by atoms with Crippen LogP contribution in [0.3, 0.4) is 0 Å². The lowest BCUT2D eigenvalue weighted by molar-refractivity contribution is -0.137. The smallest absolute Gasteiger partial charge is 0.305 e. The minimum absolute atomic E-state index is 0.318. The van der Waals surface area contributed by atoms with E-state index in [1.165, 1.54) is 24.3 Å². The molecular formula is C19H18FNO5. The fourth-order valence-corrected chi connectivity index (χ4v) is 2.67. The number of hydrogen-bond donors (Lipinski definition) is 2. The average molecular weight is 359 g/mol. The Balaban J connectivity index is 1.80. The number of carboxylic acid groups (broad SMARTS) is 1. The molecule has 1 aliphatic rings. The summed E-state index contributed by atoms with van der Waals surface area (Å²) in [5, 5.41) is 11.8. The van der Waals surface area contributed by atoms with Crippen molar-refractivity contribution >= 4 is 11.9 Å². The van der Waals surface area contributed by atoms with Crippen molar-refractivity contribution in [3.8, 4) is 11.5 Å². The van der Waals surface area contributed by atoms with E-state index in [1.54, 1.807) is 18.2 Å². The van der Waals surface area contributed by atoms with Crippen LogP contribution >= 0.6 is 0 Å². The number of carboxylic acids is 1. The van der Waals surface area contributed by atoms with Crippen LogP contribution in [0.5, 0.6) is 11.5 Å². The van der Waals surface area contributed by atoms with Crippen LogP contribution in [0, 0.1) is 5.82 Å². The number of carbonyl (C=O) groups excluding carboxylic acids is 1. The Hall–Kier alpha value is -3.09. The number of nitrogens with one attached hydrogen (secondary N) is 1. The molecule has 1 atom stereocenters. The number of amides is 1. The number of fused-ring (bicyclic) bond motifs is 1. The van der Waals surface area contributed by atoms with E-state index in [-0.39, 0.29) is 6.42 Å². The predicted molar refractivity (Wildman–Crippen MR) is 90.9 cm³/mol. The second kappa shape index (κ2) is 7.86. The SMILES string of the molecule is O=C(O)C[C@H](NC(=O)c1ccc2c(c1)OCCCO2)c1ccc(F)cc1. The molecule has 2 aromatic carbocycles. The third kappa shape index (κ3) is 4.30. The van der Waals surface area contributed by atoms with Gasteiger partial charge in [-0.25, -0.2) is 4.39 Å². The van der Waals surface area contributed by atoms with E-state index < -0.39 is 23.7 Å². The number of hydrogen-bond acceptors (Lipinski definition) is 4. The molecule has 0 saturated heterocycles. The third-order valence-corrected chi connectivity index (χ3v) is 3.97. The summed E-state index contributed by atoms with van der Waals surface area (Å²) in [4.78, 5) is 23.7. The molecule has 0 bridgehead atoms. The summed E-state index contributed by atoms with van der Waals surface area (Å²) in [5.41, 5.74) is 0.836. The molecule has 0 spiro atoms. The van der Waals surface area contributed by atoms with Crippen molar-refractivity contribution in [3.05, 3.63) is 59.4 Å². The Bertz CT molecular complexity index is 806. The molecule has 6 nitrogen and oxygen atoms in total. The van der Waals surface area contributed by atoms with E-state index in [0.29, 0.717) is 35.8 Å². The molecule has 2 N–H and O–H groups in total. The first-order valence-corrected chi connectivity index (χ1v) is 8.20. The van der Waals surface area contributed by atoms with Crippen molar-refractivity contribution in [2.45, 2.75) is 18.9 Å². The van der Waals surface area contributed by atoms with E-state index in [9.17, 15) is 14.0 Å². The Labute approximate surface area is 149 Å². The van der Waals surface area contributed by atoms with Crippen LogP contribution in [0.1, 0.15) is 34.8 Å². The molecule has 0 fully saturated rings. The molecule has 0 aromatic heterocycles. The highest BCUT2D eigenvalue weighted by Gasteiger charge is 2.20. The number of ether oxygens (including phenoxy) is 2. The molecule has 1 aliphatic heterocycles. The predicted octanol–water partition coefficient (Wildman–Crippen LogP) is 2.93. The summed E-state index contributed by atoms with van der Waals surface area (Å²) < 4.78 is 24.2. The monoisotopic (exact) mass is 359 g/mol. The average Bonchev–Trinajstić information content (AvgIpc) is 2.86. The van der Waals surface area contributed by atoms with Gasteiger partial charge in [-0.15, -0.1) is 0 Å². The summed E-state index contributed by atoms with van der Waals surface area (Å²) >= 11 is 0. The van der Waals surface area contributed by atoms with Gasteiger partial charge in [-0.1, -0.05) is 12.1 Å². The third-order valence-electron chi connectivity index (χ3n) is 3.97. The summed E-state index contributed by atoms with van der Waals surface area (Å²) in [6, 6.07) is 9.39. The molecule has 136 valence electrons. The fourth-order valence-electron chi connectivity index (χ4n) is 2.67. The summed E-state index contributed by atoms with van der Waals surface area (Å²) in [7, 11) is 0. The highest BCUT2D eigenvalue weighted by molar-refractivity contribution is 5.95. The molecule has 26 heavy (non-hydrogen) atoms. The summed E-state index contributed by atoms with van der Waals surface area (Å²) in [6.45, 7) is 1.04. The molecular weight excluding hydrogens is 341 g/mol. The lowest BCUT2D eigenvalue weighted by atomic mass is 10.0. The molecule has 0 unspecified atom stereocenters. The molecule has 1 heterocycles. The van der Waals surface area contributed by atoms with Crippen LogP contribution in [-0.4, -0.2) is 30.2 Å². The topological polar surface area (TPSA) is 84.9 Å². The van der Waals surface area contributed by atoms with E-state index in [0.717, 1.165) is 6.42 Å². The van der Waals surface area contributed by atoms with Gasteiger partial charge in [0, 0.05) is 12.0 Å². The first kappa shape index (κ1) is 17.7. The number of rotatable bonds is 5. The van der Waals surface area contributed by atoms with Crippen molar-refractivity contribution in [1.29, 1.82) is 0 Å². The van der Waals surface area contributed by atoms with Gasteiger partial charge in [0.15, 0.2) is 11.5 Å². The van der Waals surface area contributed by atoms with Crippen LogP contribution in [0.15, 0.2) is 42.5 Å². The first-order valence-electron chi connectivity index (χ1n) is 8.20. The van der Waals surface area contributed by atoms with Gasteiger partial charge in [0.05, 0.1) is 25.7 Å². The maximum atomic E-state index is 13.1. The van der Waals surface area contributed by atoms with Gasteiger partial charge in [0.1, 0.15) is 5.82 Å². The highest BCUT2D eigenvalue weighted by Crippen LogP contribution is 2.30. The van der Waals surface area contributed by atoms with Gasteiger partial charge in [0.25, 0.3) is 5.91 Å². The minimum Gasteiger partial charge on any atom is -0.490 e. The minimum atomic E-state index is -1.07. The highest BCUT2D eigenvalue weighted by atomic mass is 19.1. The number of carbonyl (C=O) groups is 2. The van der Waals surface area contributed by atoms with Crippen molar-refractivity contribution < 1.29 is 28.6 Å². The normalized spacial score (nSPS) is 14.2. The molecule has 0 radical (unpaired) electrons. The van der Waals surface area contributed by atoms with Crippen LogP contribution in [0.2, 0.25) is 0 Å². The van der Waals surface area contributed by atoms with Gasteiger partial charge < -0.3 is 19.9 Å². The van der Waals surface area contributed by atoms with Crippen molar-refractivity contribution in [1.82, 2.24) is 5.32 Å². The zero-order valence-electron chi connectivity index (χ0n) is 13.9. The number of halogens is 1. The van der Waals surface area contributed by atoms with Crippen molar-refractivity contribution in [3.63, 3.8) is 0 Å². The molecule has 0 saturated carbocycles. The van der Waals surface area contributed by atoms with Crippen LogP contribution in [0.4, 0.5) is 4.39 Å².